The summed E-state index contributed by atoms with van der Waals surface area (Å²) < 4.78 is 25.8. The Morgan fingerprint density at radius 2 is 2.00 bits per heavy atom. The molecule has 10 nitrogen and oxygen atoms in total. The standard InChI is InChI=1S/C32H40FN7O3/c1-42-15-13-40-11-8-32(9-12-40)6-2-24(3-7-32)38-30(41)22-16-21(17-23(33)18-22)19-36-29-25-5-14-43-28(25)26(20-37-29)27-4-10-35-31(34)39-27/h4,10,16-18,20,24H,2-3,5-9,11-15,19H2,1H3,(H,36,37)(H,38,41)(H2,34,35,39). The fourth-order valence-corrected chi connectivity index (χ4v) is 6.73. The van der Waals surface area contributed by atoms with E-state index < -0.39 is 5.82 Å². The van der Waals surface area contributed by atoms with Crippen molar-refractivity contribution in [3.63, 3.8) is 0 Å². The summed E-state index contributed by atoms with van der Waals surface area (Å²) >= 11 is 0. The smallest absolute Gasteiger partial charge is 0.251 e. The number of amides is 1. The number of fused-ring (bicyclic) bond motifs is 1. The predicted molar refractivity (Wildman–Crippen MR) is 162 cm³/mol. The molecule has 2 aliphatic heterocycles. The Balaban J connectivity index is 1.06. The molecule has 0 unspecified atom stereocenters. The third kappa shape index (κ3) is 6.73. The molecule has 0 bridgehead atoms. The molecule has 0 atom stereocenters. The molecule has 228 valence electrons. The number of anilines is 2. The van der Waals surface area contributed by atoms with Crippen molar-refractivity contribution in [2.24, 2.45) is 5.41 Å². The number of aromatic nitrogens is 3. The average Bonchev–Trinajstić information content (AvgIpc) is 3.51. The molecule has 1 amide bonds. The number of ether oxygens (including phenoxy) is 2. The van der Waals surface area contributed by atoms with Crippen molar-refractivity contribution in [1.29, 1.82) is 0 Å². The quantitative estimate of drug-likeness (QED) is 0.336. The second-order valence-electron chi connectivity index (χ2n) is 12.0. The molecule has 4 heterocycles. The number of benzene rings is 1. The molecule has 1 aromatic carbocycles. The van der Waals surface area contributed by atoms with Gasteiger partial charge in [-0.3, -0.25) is 4.79 Å². The van der Waals surface area contributed by atoms with Crippen LogP contribution < -0.4 is 21.1 Å². The molecule has 3 aromatic rings. The Morgan fingerprint density at radius 3 is 2.77 bits per heavy atom. The number of likely N-dealkylation sites (tertiary alicyclic amines) is 1. The topological polar surface area (TPSA) is 128 Å². The second-order valence-corrected chi connectivity index (χ2v) is 12.0. The van der Waals surface area contributed by atoms with E-state index in [2.05, 4.69) is 30.5 Å². The van der Waals surface area contributed by atoms with Crippen LogP contribution in [0.15, 0.2) is 36.7 Å². The molecular formula is C32H40FN7O3. The lowest BCUT2D eigenvalue weighted by Crippen LogP contribution is -2.46. The van der Waals surface area contributed by atoms with Gasteiger partial charge >= 0.3 is 0 Å². The van der Waals surface area contributed by atoms with Crippen molar-refractivity contribution in [2.45, 2.75) is 57.5 Å². The lowest BCUT2D eigenvalue weighted by molar-refractivity contribution is 0.0448. The highest BCUT2D eigenvalue weighted by Gasteiger charge is 2.38. The first-order valence-corrected chi connectivity index (χ1v) is 15.2. The number of methoxy groups -OCH3 is 1. The fourth-order valence-electron chi connectivity index (χ4n) is 6.73. The van der Waals surface area contributed by atoms with Crippen molar-refractivity contribution in [3.05, 3.63) is 59.2 Å². The van der Waals surface area contributed by atoms with E-state index in [-0.39, 0.29) is 17.9 Å². The summed E-state index contributed by atoms with van der Waals surface area (Å²) in [6.07, 6.45) is 10.6. The Morgan fingerprint density at radius 1 is 1.19 bits per heavy atom. The van der Waals surface area contributed by atoms with E-state index in [9.17, 15) is 9.18 Å². The predicted octanol–water partition coefficient (Wildman–Crippen LogP) is 4.21. The lowest BCUT2D eigenvalue weighted by atomic mass is 9.67. The minimum Gasteiger partial charge on any atom is -0.492 e. The van der Waals surface area contributed by atoms with E-state index in [0.29, 0.717) is 53.4 Å². The zero-order valence-electron chi connectivity index (χ0n) is 24.7. The van der Waals surface area contributed by atoms with Gasteiger partial charge in [0, 0.05) is 56.2 Å². The Bertz CT molecular complexity index is 1450. The minimum atomic E-state index is -0.439. The Labute approximate surface area is 251 Å². The summed E-state index contributed by atoms with van der Waals surface area (Å²) in [7, 11) is 1.75. The maximum absolute atomic E-state index is 14.7. The molecule has 2 fully saturated rings. The molecule has 43 heavy (non-hydrogen) atoms. The Hall–Kier alpha value is -3.83. The van der Waals surface area contributed by atoms with Crippen LogP contribution in [-0.2, 0) is 17.7 Å². The number of nitrogens with one attached hydrogen (secondary N) is 2. The number of pyridine rings is 1. The van der Waals surface area contributed by atoms with Crippen molar-refractivity contribution >= 4 is 17.7 Å². The molecule has 1 aliphatic carbocycles. The zero-order valence-corrected chi connectivity index (χ0v) is 24.7. The highest BCUT2D eigenvalue weighted by Crippen LogP contribution is 2.44. The van der Waals surface area contributed by atoms with Crippen LogP contribution in [0, 0.1) is 11.2 Å². The number of halogens is 1. The molecule has 1 saturated heterocycles. The van der Waals surface area contributed by atoms with Gasteiger partial charge in [0.05, 0.1) is 24.5 Å². The molecule has 0 radical (unpaired) electrons. The number of carbonyl (C=O) groups is 1. The minimum absolute atomic E-state index is 0.116. The van der Waals surface area contributed by atoms with Crippen LogP contribution in [0.4, 0.5) is 16.2 Å². The highest BCUT2D eigenvalue weighted by molar-refractivity contribution is 5.94. The van der Waals surface area contributed by atoms with Crippen LogP contribution in [0.2, 0.25) is 0 Å². The summed E-state index contributed by atoms with van der Waals surface area (Å²) in [5.74, 6) is 0.886. The highest BCUT2D eigenvalue weighted by atomic mass is 19.1. The van der Waals surface area contributed by atoms with Crippen molar-refractivity contribution in [1.82, 2.24) is 25.2 Å². The number of carbonyl (C=O) groups excluding carboxylic acids is 1. The van der Waals surface area contributed by atoms with Gasteiger partial charge < -0.3 is 30.7 Å². The molecular weight excluding hydrogens is 549 g/mol. The third-order valence-corrected chi connectivity index (χ3v) is 9.27. The van der Waals surface area contributed by atoms with Gasteiger partial charge in [0.15, 0.2) is 0 Å². The molecule has 3 aliphatic rings. The SMILES string of the molecule is COCCN1CCC2(CCC(NC(=O)c3cc(F)cc(CNc4ncc(-c5ccnc(N)n5)c5c4CCO5)c3)CC2)CC1. The largest absolute Gasteiger partial charge is 0.492 e. The van der Waals surface area contributed by atoms with E-state index in [1.165, 1.54) is 25.0 Å². The van der Waals surface area contributed by atoms with Gasteiger partial charge in [-0.05, 0) is 86.9 Å². The van der Waals surface area contributed by atoms with Crippen LogP contribution >= 0.6 is 0 Å². The molecule has 1 spiro atoms. The van der Waals surface area contributed by atoms with E-state index in [1.807, 2.05) is 0 Å². The van der Waals surface area contributed by atoms with Crippen LogP contribution in [0.1, 0.15) is 60.0 Å². The van der Waals surface area contributed by atoms with Gasteiger partial charge in [0.2, 0.25) is 5.95 Å². The number of nitrogens with two attached hydrogens (primary N) is 1. The summed E-state index contributed by atoms with van der Waals surface area (Å²) in [6, 6.07) is 6.39. The van der Waals surface area contributed by atoms with Gasteiger partial charge in [-0.25, -0.2) is 19.3 Å². The third-order valence-electron chi connectivity index (χ3n) is 9.27. The van der Waals surface area contributed by atoms with Crippen LogP contribution in [-0.4, -0.2) is 71.8 Å². The molecule has 6 rings (SSSR count). The van der Waals surface area contributed by atoms with E-state index >= 15 is 0 Å². The summed E-state index contributed by atoms with van der Waals surface area (Å²) in [5.41, 5.74) is 9.47. The monoisotopic (exact) mass is 589 g/mol. The maximum atomic E-state index is 14.7. The van der Waals surface area contributed by atoms with Gasteiger partial charge in [-0.2, -0.15) is 0 Å². The summed E-state index contributed by atoms with van der Waals surface area (Å²) in [5, 5.41) is 6.50. The van der Waals surface area contributed by atoms with E-state index in [4.69, 9.17) is 15.2 Å². The number of nitrogen functional groups attached to an aromatic ring is 1. The summed E-state index contributed by atoms with van der Waals surface area (Å²) in [4.78, 5) is 28.5. The van der Waals surface area contributed by atoms with E-state index in [0.717, 1.165) is 63.1 Å². The van der Waals surface area contributed by atoms with Gasteiger partial charge in [-0.15, -0.1) is 0 Å². The summed E-state index contributed by atoms with van der Waals surface area (Å²) in [6.45, 7) is 4.85. The lowest BCUT2D eigenvalue weighted by Gasteiger charge is -2.46. The first-order chi connectivity index (χ1) is 20.9. The first kappa shape index (κ1) is 29.3. The van der Waals surface area contributed by atoms with Crippen molar-refractivity contribution in [2.75, 3.05) is 51.0 Å². The van der Waals surface area contributed by atoms with Gasteiger partial charge in [0.1, 0.15) is 17.4 Å². The number of piperidine rings is 1. The fraction of sp³-hybridized carbons (Fsp3) is 0.500. The second kappa shape index (κ2) is 12.8. The van der Waals surface area contributed by atoms with Crippen molar-refractivity contribution in [3.8, 4) is 17.0 Å². The van der Waals surface area contributed by atoms with Crippen LogP contribution in [0.5, 0.6) is 5.75 Å². The number of hydrogen-bond donors (Lipinski definition) is 3. The van der Waals surface area contributed by atoms with Crippen molar-refractivity contribution < 1.29 is 18.7 Å². The van der Waals surface area contributed by atoms with Crippen LogP contribution in [0.3, 0.4) is 0 Å². The molecule has 4 N–H and O–H groups in total. The molecule has 11 heteroatoms. The molecule has 1 saturated carbocycles. The number of rotatable bonds is 9. The van der Waals surface area contributed by atoms with Gasteiger partial charge in [0.25, 0.3) is 5.91 Å². The Kier molecular flexibility index (Phi) is 8.71. The number of hydrogen-bond acceptors (Lipinski definition) is 9. The van der Waals surface area contributed by atoms with Gasteiger partial charge in [-0.1, -0.05) is 0 Å². The zero-order chi connectivity index (χ0) is 29.8. The van der Waals surface area contributed by atoms with E-state index in [1.54, 1.807) is 31.6 Å². The van der Waals surface area contributed by atoms with Crippen LogP contribution in [0.25, 0.3) is 11.3 Å². The number of nitrogens with zero attached hydrogens (tertiary/aromatic N) is 4. The normalized spacial score (nSPS) is 18.3. The average molecular weight is 590 g/mol. The molecule has 2 aromatic heterocycles. The maximum Gasteiger partial charge on any atom is 0.251 e. The first-order valence-electron chi connectivity index (χ1n) is 15.2.